The molecule has 0 heterocycles. The molecule has 3 heteroatoms. The van der Waals surface area contributed by atoms with Crippen molar-refractivity contribution in [3.63, 3.8) is 0 Å². The lowest BCUT2D eigenvalue weighted by molar-refractivity contribution is 0.139. The van der Waals surface area contributed by atoms with Gasteiger partial charge in [0.15, 0.2) is 0 Å². The summed E-state index contributed by atoms with van der Waals surface area (Å²) in [7, 11) is 0. The number of hydrogen-bond acceptors (Lipinski definition) is 2. The van der Waals surface area contributed by atoms with E-state index in [0.717, 1.165) is 50.6 Å². The Kier molecular flexibility index (Phi) is 6.48. The highest BCUT2D eigenvalue weighted by atomic mass is 19.1. The van der Waals surface area contributed by atoms with Crippen LogP contribution < -0.4 is 5.32 Å². The highest BCUT2D eigenvalue weighted by Gasteiger charge is 2.22. The number of hydrogen-bond donors (Lipinski definition) is 1. The van der Waals surface area contributed by atoms with Gasteiger partial charge in [-0.1, -0.05) is 12.1 Å². The topological polar surface area (TPSA) is 21.3 Å². The Morgan fingerprint density at radius 1 is 1.40 bits per heavy atom. The van der Waals surface area contributed by atoms with E-state index < -0.39 is 0 Å². The van der Waals surface area contributed by atoms with Gasteiger partial charge in [0.05, 0.1) is 0 Å². The molecular weight excluding hydrogens is 253 g/mol. The van der Waals surface area contributed by atoms with E-state index in [1.807, 2.05) is 13.0 Å². The van der Waals surface area contributed by atoms with Crippen LogP contribution in [0, 0.1) is 11.7 Å². The highest BCUT2D eigenvalue weighted by molar-refractivity contribution is 5.17. The second-order valence-electron chi connectivity index (χ2n) is 5.72. The summed E-state index contributed by atoms with van der Waals surface area (Å²) < 4.78 is 18.7. The average Bonchev–Trinajstić information content (AvgIpc) is 3.25. The molecule has 0 aromatic heterocycles. The van der Waals surface area contributed by atoms with Gasteiger partial charge in [-0.2, -0.15) is 0 Å². The van der Waals surface area contributed by atoms with Crippen LogP contribution >= 0.6 is 0 Å². The van der Waals surface area contributed by atoms with E-state index >= 15 is 0 Å². The molecular formula is C17H26FNO. The first-order valence-corrected chi connectivity index (χ1v) is 7.83. The molecule has 0 aliphatic heterocycles. The predicted molar refractivity (Wildman–Crippen MR) is 80.3 cm³/mol. The molecule has 1 aromatic rings. The molecule has 0 radical (unpaired) electrons. The normalized spacial score (nSPS) is 16.3. The fraction of sp³-hybridized carbons (Fsp3) is 0.647. The zero-order valence-electron chi connectivity index (χ0n) is 12.4. The molecule has 1 atom stereocenters. The van der Waals surface area contributed by atoms with Crippen LogP contribution in [0.2, 0.25) is 0 Å². The van der Waals surface area contributed by atoms with E-state index in [0.29, 0.717) is 5.92 Å². The molecule has 1 N–H and O–H groups in total. The van der Waals surface area contributed by atoms with E-state index in [9.17, 15) is 4.39 Å². The van der Waals surface area contributed by atoms with Crippen molar-refractivity contribution in [1.82, 2.24) is 5.32 Å². The van der Waals surface area contributed by atoms with Gasteiger partial charge in [0.1, 0.15) is 5.82 Å². The Bertz CT molecular complexity index is 392. The molecule has 2 nitrogen and oxygen atoms in total. The van der Waals surface area contributed by atoms with Gasteiger partial charge in [-0.05, 0) is 69.2 Å². The first-order valence-electron chi connectivity index (χ1n) is 7.83. The predicted octanol–water partition coefficient (Wildman–Crippen LogP) is 3.55. The molecule has 0 amide bonds. The number of ether oxygens (including phenoxy) is 1. The molecule has 1 unspecified atom stereocenters. The minimum Gasteiger partial charge on any atom is -0.382 e. The first kappa shape index (κ1) is 15.5. The number of rotatable bonds is 10. The van der Waals surface area contributed by atoms with Crippen LogP contribution in [-0.4, -0.2) is 25.8 Å². The number of nitrogens with one attached hydrogen (secondary N) is 1. The maximum Gasteiger partial charge on any atom is 0.123 e. The van der Waals surface area contributed by atoms with E-state index in [1.54, 1.807) is 12.1 Å². The fourth-order valence-corrected chi connectivity index (χ4v) is 2.51. The summed E-state index contributed by atoms with van der Waals surface area (Å²) in [6.45, 7) is 4.68. The third-order valence-electron chi connectivity index (χ3n) is 3.79. The second-order valence-corrected chi connectivity index (χ2v) is 5.72. The van der Waals surface area contributed by atoms with Crippen molar-refractivity contribution < 1.29 is 9.13 Å². The van der Waals surface area contributed by atoms with Gasteiger partial charge in [0, 0.05) is 19.3 Å². The molecule has 0 spiro atoms. The Hall–Kier alpha value is -0.930. The zero-order chi connectivity index (χ0) is 14.2. The monoisotopic (exact) mass is 279 g/mol. The third kappa shape index (κ3) is 6.02. The van der Waals surface area contributed by atoms with Crippen molar-refractivity contribution in [2.45, 2.75) is 45.1 Å². The first-order chi connectivity index (χ1) is 9.78. The lowest BCUT2D eigenvalue weighted by Crippen LogP contribution is -2.26. The lowest BCUT2D eigenvalue weighted by Gasteiger charge is -2.18. The van der Waals surface area contributed by atoms with Crippen molar-refractivity contribution in [3.05, 3.63) is 35.6 Å². The Labute approximate surface area is 121 Å². The summed E-state index contributed by atoms with van der Waals surface area (Å²) in [4.78, 5) is 0. The summed E-state index contributed by atoms with van der Waals surface area (Å²) in [5.74, 6) is 0.434. The minimum absolute atomic E-state index is 0.134. The molecule has 112 valence electrons. The molecule has 0 bridgehead atoms. The quantitative estimate of drug-likeness (QED) is 0.661. The van der Waals surface area contributed by atoms with Crippen molar-refractivity contribution in [3.8, 4) is 0 Å². The Balaban J connectivity index is 1.80. The zero-order valence-corrected chi connectivity index (χ0v) is 12.4. The van der Waals surface area contributed by atoms with E-state index in [4.69, 9.17) is 4.74 Å². The summed E-state index contributed by atoms with van der Waals surface area (Å²) in [5.41, 5.74) is 1.10. The van der Waals surface area contributed by atoms with Gasteiger partial charge in [-0.15, -0.1) is 0 Å². The van der Waals surface area contributed by atoms with Crippen LogP contribution in [-0.2, 0) is 11.2 Å². The van der Waals surface area contributed by atoms with E-state index in [2.05, 4.69) is 5.32 Å². The van der Waals surface area contributed by atoms with E-state index in [1.165, 1.54) is 18.9 Å². The molecule has 20 heavy (non-hydrogen) atoms. The van der Waals surface area contributed by atoms with Crippen LogP contribution in [0.4, 0.5) is 4.39 Å². The fourth-order valence-electron chi connectivity index (χ4n) is 2.51. The standard InChI is InChI=1S/C17H26FNO/c1-2-20-10-4-6-15(13-19-17-8-9-17)11-14-5-3-7-16(18)12-14/h3,5,7,12,15,17,19H,2,4,6,8-11,13H2,1H3. The van der Waals surface area contributed by atoms with Crippen molar-refractivity contribution >= 4 is 0 Å². The number of benzene rings is 1. The van der Waals surface area contributed by atoms with Crippen LogP contribution in [0.15, 0.2) is 24.3 Å². The molecule has 2 rings (SSSR count). The van der Waals surface area contributed by atoms with Gasteiger partial charge in [-0.25, -0.2) is 4.39 Å². The molecule has 1 aromatic carbocycles. The SMILES string of the molecule is CCOCCCC(CNC1CC1)Cc1cccc(F)c1. The van der Waals surface area contributed by atoms with Gasteiger partial charge in [0.2, 0.25) is 0 Å². The average molecular weight is 279 g/mol. The molecule has 0 saturated heterocycles. The van der Waals surface area contributed by atoms with E-state index in [-0.39, 0.29) is 5.82 Å². The third-order valence-corrected chi connectivity index (χ3v) is 3.79. The lowest BCUT2D eigenvalue weighted by atomic mass is 9.94. The van der Waals surface area contributed by atoms with Gasteiger partial charge < -0.3 is 10.1 Å². The van der Waals surface area contributed by atoms with Crippen LogP contribution in [0.3, 0.4) is 0 Å². The maximum atomic E-state index is 13.3. The summed E-state index contributed by atoms with van der Waals surface area (Å²) in [5, 5.41) is 3.60. The Morgan fingerprint density at radius 3 is 2.95 bits per heavy atom. The largest absolute Gasteiger partial charge is 0.382 e. The summed E-state index contributed by atoms with van der Waals surface area (Å²) in [6, 6.07) is 7.73. The molecule has 1 saturated carbocycles. The minimum atomic E-state index is -0.134. The molecule has 1 fully saturated rings. The van der Waals surface area contributed by atoms with Crippen molar-refractivity contribution in [2.24, 2.45) is 5.92 Å². The maximum absolute atomic E-state index is 13.3. The van der Waals surface area contributed by atoms with Crippen LogP contribution in [0.5, 0.6) is 0 Å². The van der Waals surface area contributed by atoms with Crippen LogP contribution in [0.25, 0.3) is 0 Å². The van der Waals surface area contributed by atoms with Crippen molar-refractivity contribution in [1.29, 1.82) is 0 Å². The number of halogens is 1. The van der Waals surface area contributed by atoms with Gasteiger partial charge in [0.25, 0.3) is 0 Å². The van der Waals surface area contributed by atoms with Gasteiger partial charge in [-0.3, -0.25) is 0 Å². The smallest absolute Gasteiger partial charge is 0.123 e. The second kappa shape index (κ2) is 8.38. The van der Waals surface area contributed by atoms with Crippen LogP contribution in [0.1, 0.15) is 38.2 Å². The Morgan fingerprint density at radius 2 is 2.25 bits per heavy atom. The highest BCUT2D eigenvalue weighted by Crippen LogP contribution is 2.21. The van der Waals surface area contributed by atoms with Gasteiger partial charge >= 0.3 is 0 Å². The molecule has 1 aliphatic rings. The summed E-state index contributed by atoms with van der Waals surface area (Å²) >= 11 is 0. The molecule has 1 aliphatic carbocycles. The summed E-state index contributed by atoms with van der Waals surface area (Å²) in [6.07, 6.45) is 5.79. The van der Waals surface area contributed by atoms with Crippen molar-refractivity contribution in [2.75, 3.05) is 19.8 Å².